The molecule has 0 saturated heterocycles. The van der Waals surface area contributed by atoms with Crippen LogP contribution >= 0.6 is 0 Å². The van der Waals surface area contributed by atoms with Crippen molar-refractivity contribution < 1.29 is 19.0 Å². The van der Waals surface area contributed by atoms with Gasteiger partial charge < -0.3 is 14.2 Å². The van der Waals surface area contributed by atoms with E-state index in [0.717, 1.165) is 41.0 Å². The number of carbonyl (C=O) groups excluding carboxylic acids is 1. The molecule has 2 heterocycles. The number of rotatable bonds is 2. The SMILES string of the molecule is COC(=O)Cc1c2c(cc3c1OCC3)OCC2. The Morgan fingerprint density at radius 2 is 2.18 bits per heavy atom. The van der Waals surface area contributed by atoms with Gasteiger partial charge in [0.1, 0.15) is 11.5 Å². The maximum Gasteiger partial charge on any atom is 0.310 e. The molecule has 0 fully saturated rings. The third-order valence-electron chi connectivity index (χ3n) is 3.31. The van der Waals surface area contributed by atoms with Crippen molar-refractivity contribution in [1.29, 1.82) is 0 Å². The third-order valence-corrected chi connectivity index (χ3v) is 3.31. The summed E-state index contributed by atoms with van der Waals surface area (Å²) in [5, 5.41) is 0. The number of benzene rings is 1. The minimum absolute atomic E-state index is 0.233. The normalized spacial score (nSPS) is 15.8. The van der Waals surface area contributed by atoms with E-state index < -0.39 is 0 Å². The van der Waals surface area contributed by atoms with E-state index in [-0.39, 0.29) is 12.4 Å². The Labute approximate surface area is 99.5 Å². The highest BCUT2D eigenvalue weighted by Gasteiger charge is 2.27. The number of methoxy groups -OCH3 is 1. The van der Waals surface area contributed by atoms with Gasteiger partial charge in [-0.05, 0) is 6.07 Å². The van der Waals surface area contributed by atoms with Gasteiger partial charge in [-0.1, -0.05) is 0 Å². The standard InChI is InChI=1S/C13H14O4/c1-15-12(14)7-10-9-3-5-16-11(9)6-8-2-4-17-13(8)10/h6H,2-5,7H2,1H3. The molecule has 1 aromatic carbocycles. The van der Waals surface area contributed by atoms with E-state index in [1.807, 2.05) is 6.07 Å². The molecule has 0 aromatic heterocycles. The van der Waals surface area contributed by atoms with Crippen molar-refractivity contribution in [3.63, 3.8) is 0 Å². The fourth-order valence-corrected chi connectivity index (χ4v) is 2.49. The third kappa shape index (κ3) is 1.64. The van der Waals surface area contributed by atoms with Crippen molar-refractivity contribution in [3.05, 3.63) is 22.8 Å². The fourth-order valence-electron chi connectivity index (χ4n) is 2.49. The van der Waals surface area contributed by atoms with Gasteiger partial charge in [0.2, 0.25) is 0 Å². The number of ether oxygens (including phenoxy) is 3. The predicted octanol–water partition coefficient (Wildman–Crippen LogP) is 1.27. The molecule has 2 aliphatic heterocycles. The first-order valence-corrected chi connectivity index (χ1v) is 5.79. The molecule has 2 aliphatic rings. The van der Waals surface area contributed by atoms with Crippen molar-refractivity contribution >= 4 is 5.97 Å². The van der Waals surface area contributed by atoms with E-state index in [2.05, 4.69) is 0 Å². The minimum atomic E-state index is -0.233. The van der Waals surface area contributed by atoms with Crippen molar-refractivity contribution in [3.8, 4) is 11.5 Å². The first kappa shape index (κ1) is 10.4. The smallest absolute Gasteiger partial charge is 0.310 e. The number of hydrogen-bond acceptors (Lipinski definition) is 4. The zero-order valence-corrected chi connectivity index (χ0v) is 9.75. The zero-order chi connectivity index (χ0) is 11.8. The van der Waals surface area contributed by atoms with Crippen molar-refractivity contribution in [2.45, 2.75) is 19.3 Å². The lowest BCUT2D eigenvalue weighted by Crippen LogP contribution is -2.08. The summed E-state index contributed by atoms with van der Waals surface area (Å²) in [6, 6.07) is 2.05. The van der Waals surface area contributed by atoms with Crippen LogP contribution in [0.5, 0.6) is 11.5 Å². The second kappa shape index (κ2) is 3.95. The summed E-state index contributed by atoms with van der Waals surface area (Å²) in [5.74, 6) is 1.55. The van der Waals surface area contributed by atoms with E-state index in [1.165, 1.54) is 7.11 Å². The van der Waals surface area contributed by atoms with Crippen LogP contribution in [0.4, 0.5) is 0 Å². The van der Waals surface area contributed by atoms with Gasteiger partial charge in [0.05, 0.1) is 26.7 Å². The van der Waals surface area contributed by atoms with Crippen LogP contribution < -0.4 is 9.47 Å². The highest BCUT2D eigenvalue weighted by atomic mass is 16.5. The molecule has 0 saturated carbocycles. The highest BCUT2D eigenvalue weighted by molar-refractivity contribution is 5.75. The molecular weight excluding hydrogens is 220 g/mol. The molecule has 0 atom stereocenters. The topological polar surface area (TPSA) is 44.8 Å². The summed E-state index contributed by atoms with van der Waals surface area (Å²) in [5.41, 5.74) is 3.21. The number of hydrogen-bond donors (Lipinski definition) is 0. The monoisotopic (exact) mass is 234 g/mol. The van der Waals surface area contributed by atoms with Gasteiger partial charge in [-0.2, -0.15) is 0 Å². The maximum absolute atomic E-state index is 11.5. The van der Waals surface area contributed by atoms with Crippen LogP contribution in [0.2, 0.25) is 0 Å². The van der Waals surface area contributed by atoms with Gasteiger partial charge >= 0.3 is 5.97 Å². The summed E-state index contributed by atoms with van der Waals surface area (Å²) < 4.78 is 15.9. The number of carbonyl (C=O) groups is 1. The van der Waals surface area contributed by atoms with Gasteiger partial charge in [-0.3, -0.25) is 4.79 Å². The van der Waals surface area contributed by atoms with Crippen LogP contribution in [0.25, 0.3) is 0 Å². The summed E-state index contributed by atoms with van der Waals surface area (Å²) in [7, 11) is 1.41. The molecule has 0 N–H and O–H groups in total. The van der Waals surface area contributed by atoms with Gasteiger partial charge in [0, 0.05) is 29.5 Å². The molecule has 0 unspecified atom stereocenters. The van der Waals surface area contributed by atoms with Crippen LogP contribution in [0.1, 0.15) is 16.7 Å². The zero-order valence-electron chi connectivity index (χ0n) is 9.75. The molecule has 0 amide bonds. The molecule has 4 heteroatoms. The van der Waals surface area contributed by atoms with Crippen molar-refractivity contribution in [2.24, 2.45) is 0 Å². The van der Waals surface area contributed by atoms with E-state index >= 15 is 0 Å². The lowest BCUT2D eigenvalue weighted by atomic mass is 9.97. The Kier molecular flexibility index (Phi) is 2.42. The average Bonchev–Trinajstić information content (AvgIpc) is 2.96. The Morgan fingerprint density at radius 3 is 3.00 bits per heavy atom. The van der Waals surface area contributed by atoms with Gasteiger partial charge in [0.15, 0.2) is 0 Å². The van der Waals surface area contributed by atoms with Crippen molar-refractivity contribution in [2.75, 3.05) is 20.3 Å². The summed E-state index contributed by atoms with van der Waals surface area (Å²) in [4.78, 5) is 11.5. The predicted molar refractivity (Wildman–Crippen MR) is 60.6 cm³/mol. The van der Waals surface area contributed by atoms with Crippen LogP contribution in [-0.2, 0) is 28.8 Å². The van der Waals surface area contributed by atoms with Crippen LogP contribution in [0.3, 0.4) is 0 Å². The van der Waals surface area contributed by atoms with E-state index in [1.54, 1.807) is 0 Å². The lowest BCUT2D eigenvalue weighted by Gasteiger charge is -2.11. The number of esters is 1. The molecule has 1 aromatic rings. The Balaban J connectivity index is 2.08. The highest BCUT2D eigenvalue weighted by Crippen LogP contribution is 2.40. The maximum atomic E-state index is 11.5. The molecule has 90 valence electrons. The van der Waals surface area contributed by atoms with Crippen LogP contribution in [0.15, 0.2) is 6.07 Å². The largest absolute Gasteiger partial charge is 0.493 e. The van der Waals surface area contributed by atoms with Crippen LogP contribution in [-0.4, -0.2) is 26.3 Å². The summed E-state index contributed by atoms with van der Waals surface area (Å²) in [6.45, 7) is 1.37. The molecule has 4 nitrogen and oxygen atoms in total. The molecule has 0 spiro atoms. The van der Waals surface area contributed by atoms with Gasteiger partial charge in [-0.25, -0.2) is 0 Å². The van der Waals surface area contributed by atoms with E-state index in [0.29, 0.717) is 13.2 Å². The molecule has 17 heavy (non-hydrogen) atoms. The Hall–Kier alpha value is -1.71. The summed E-state index contributed by atoms with van der Waals surface area (Å²) >= 11 is 0. The first-order chi connectivity index (χ1) is 8.29. The second-order valence-electron chi connectivity index (χ2n) is 4.27. The van der Waals surface area contributed by atoms with Gasteiger partial charge in [-0.15, -0.1) is 0 Å². The first-order valence-electron chi connectivity index (χ1n) is 5.79. The van der Waals surface area contributed by atoms with E-state index in [4.69, 9.17) is 14.2 Å². The Bertz CT molecular complexity index is 447. The minimum Gasteiger partial charge on any atom is -0.493 e. The molecule has 0 aliphatic carbocycles. The van der Waals surface area contributed by atoms with Crippen molar-refractivity contribution in [1.82, 2.24) is 0 Å². The molecule has 0 bridgehead atoms. The quantitative estimate of drug-likeness (QED) is 0.723. The lowest BCUT2D eigenvalue weighted by molar-refractivity contribution is -0.139. The van der Waals surface area contributed by atoms with E-state index in [9.17, 15) is 4.79 Å². The fraction of sp³-hybridized carbons (Fsp3) is 0.462. The van der Waals surface area contributed by atoms with Gasteiger partial charge in [0.25, 0.3) is 0 Å². The Morgan fingerprint density at radius 1 is 1.35 bits per heavy atom. The van der Waals surface area contributed by atoms with Crippen LogP contribution in [0, 0.1) is 0 Å². The molecule has 0 radical (unpaired) electrons. The molecule has 3 rings (SSSR count). The number of fused-ring (bicyclic) bond motifs is 2. The molecular formula is C13H14O4. The second-order valence-corrected chi connectivity index (χ2v) is 4.27. The average molecular weight is 234 g/mol. The summed E-state index contributed by atoms with van der Waals surface area (Å²) in [6.07, 6.45) is 2.00.